The number of carbonyl (C=O) groups excluding carboxylic acids is 1. The molecule has 154 valence electrons. The fraction of sp³-hybridized carbons (Fsp3) is 0.409. The van der Waals surface area contributed by atoms with Crippen molar-refractivity contribution >= 4 is 21.6 Å². The number of nitrogens with one attached hydrogen (secondary N) is 1. The van der Waals surface area contributed by atoms with Gasteiger partial charge in [-0.1, -0.05) is 37.5 Å². The Morgan fingerprint density at radius 2 is 1.76 bits per heavy atom. The molecule has 0 spiro atoms. The zero-order valence-corrected chi connectivity index (χ0v) is 17.2. The maximum absolute atomic E-state index is 13.0. The first-order valence-corrected chi connectivity index (χ1v) is 11.6. The van der Waals surface area contributed by atoms with Gasteiger partial charge in [0, 0.05) is 12.6 Å². The van der Waals surface area contributed by atoms with Gasteiger partial charge in [-0.3, -0.25) is 9.10 Å². The highest BCUT2D eigenvalue weighted by molar-refractivity contribution is 7.92. The molecule has 7 heteroatoms. The second-order valence-electron chi connectivity index (χ2n) is 7.62. The molecular weight excluding hydrogens is 388 g/mol. The van der Waals surface area contributed by atoms with Gasteiger partial charge in [0.25, 0.3) is 15.9 Å². The van der Waals surface area contributed by atoms with Crippen LogP contribution in [0.15, 0.2) is 53.4 Å². The Balaban J connectivity index is 1.37. The number of rotatable bonds is 6. The van der Waals surface area contributed by atoms with Crippen molar-refractivity contribution in [3.05, 3.63) is 54.1 Å². The van der Waals surface area contributed by atoms with Crippen LogP contribution in [-0.2, 0) is 21.2 Å². The molecule has 0 atom stereocenters. The summed E-state index contributed by atoms with van der Waals surface area (Å²) in [6, 6.07) is 14.1. The molecule has 0 aromatic heterocycles. The van der Waals surface area contributed by atoms with E-state index in [1.165, 1.54) is 22.9 Å². The summed E-state index contributed by atoms with van der Waals surface area (Å²) in [6.07, 6.45) is 6.32. The van der Waals surface area contributed by atoms with E-state index in [2.05, 4.69) is 5.32 Å². The maximum atomic E-state index is 13.0. The topological polar surface area (TPSA) is 75.7 Å². The molecular formula is C22H26N2O4S. The Hall–Kier alpha value is -2.54. The minimum Gasteiger partial charge on any atom is -0.484 e. The van der Waals surface area contributed by atoms with E-state index in [1.807, 2.05) is 24.3 Å². The lowest BCUT2D eigenvalue weighted by atomic mass is 9.95. The van der Waals surface area contributed by atoms with Crippen LogP contribution in [0.4, 0.5) is 5.69 Å². The van der Waals surface area contributed by atoms with E-state index in [1.54, 1.807) is 12.1 Å². The fourth-order valence-corrected chi connectivity index (χ4v) is 5.56. The molecule has 29 heavy (non-hydrogen) atoms. The fourth-order valence-electron chi connectivity index (χ4n) is 4.06. The Labute approximate surface area is 171 Å². The molecule has 1 saturated carbocycles. The van der Waals surface area contributed by atoms with E-state index < -0.39 is 10.0 Å². The third kappa shape index (κ3) is 4.40. The van der Waals surface area contributed by atoms with Crippen LogP contribution in [0, 0.1) is 0 Å². The van der Waals surface area contributed by atoms with Gasteiger partial charge in [0.15, 0.2) is 6.61 Å². The lowest BCUT2D eigenvalue weighted by molar-refractivity contribution is -0.124. The van der Waals surface area contributed by atoms with Gasteiger partial charge in [-0.05, 0) is 55.2 Å². The Morgan fingerprint density at radius 1 is 1.03 bits per heavy atom. The predicted molar refractivity (Wildman–Crippen MR) is 112 cm³/mol. The summed E-state index contributed by atoms with van der Waals surface area (Å²) in [5.41, 5.74) is 1.78. The summed E-state index contributed by atoms with van der Waals surface area (Å²) in [6.45, 7) is 0.378. The molecule has 1 N–H and O–H groups in total. The van der Waals surface area contributed by atoms with Gasteiger partial charge in [-0.2, -0.15) is 0 Å². The highest BCUT2D eigenvalue weighted by Gasteiger charge is 2.30. The molecule has 1 amide bonds. The van der Waals surface area contributed by atoms with Crippen LogP contribution in [0.3, 0.4) is 0 Å². The standard InChI is InChI=1S/C22H26N2O4S/c25-22(23-18-7-2-1-3-8-18)16-28-19-10-12-20(13-11-19)29(26,27)24-15-14-17-6-4-5-9-21(17)24/h4-6,9-13,18H,1-3,7-8,14-16H2,(H,23,25). The van der Waals surface area contributed by atoms with Crippen molar-refractivity contribution in [1.82, 2.24) is 5.32 Å². The molecule has 4 rings (SSSR count). The number of benzene rings is 2. The third-order valence-corrected chi connectivity index (χ3v) is 7.42. The van der Waals surface area contributed by atoms with Crippen LogP contribution >= 0.6 is 0 Å². The van der Waals surface area contributed by atoms with E-state index in [-0.39, 0.29) is 23.5 Å². The number of amides is 1. The highest BCUT2D eigenvalue weighted by Crippen LogP contribution is 2.33. The van der Waals surface area contributed by atoms with Gasteiger partial charge < -0.3 is 10.1 Å². The van der Waals surface area contributed by atoms with Crippen molar-refractivity contribution in [3.63, 3.8) is 0 Å². The number of anilines is 1. The second kappa shape index (κ2) is 8.45. The monoisotopic (exact) mass is 414 g/mol. The Morgan fingerprint density at radius 3 is 2.52 bits per heavy atom. The van der Waals surface area contributed by atoms with Crippen LogP contribution in [0.25, 0.3) is 0 Å². The minimum atomic E-state index is -3.62. The molecule has 2 aliphatic rings. The van der Waals surface area contributed by atoms with Crippen molar-refractivity contribution in [2.75, 3.05) is 17.5 Å². The van der Waals surface area contributed by atoms with E-state index in [4.69, 9.17) is 4.74 Å². The van der Waals surface area contributed by atoms with Crippen molar-refractivity contribution in [3.8, 4) is 5.75 Å². The molecule has 2 aromatic rings. The van der Waals surface area contributed by atoms with E-state index in [0.717, 1.165) is 36.9 Å². The van der Waals surface area contributed by atoms with Crippen molar-refractivity contribution in [1.29, 1.82) is 0 Å². The number of fused-ring (bicyclic) bond motifs is 1. The quantitative estimate of drug-likeness (QED) is 0.787. The third-order valence-electron chi connectivity index (χ3n) is 5.60. The van der Waals surface area contributed by atoms with E-state index in [9.17, 15) is 13.2 Å². The smallest absolute Gasteiger partial charge is 0.264 e. The first kappa shape index (κ1) is 19.8. The van der Waals surface area contributed by atoms with Gasteiger partial charge in [0.2, 0.25) is 0 Å². The number of carbonyl (C=O) groups is 1. The van der Waals surface area contributed by atoms with Crippen molar-refractivity contribution in [2.45, 2.75) is 49.5 Å². The van der Waals surface area contributed by atoms with E-state index >= 15 is 0 Å². The predicted octanol–water partition coefficient (Wildman–Crippen LogP) is 3.27. The summed E-state index contributed by atoms with van der Waals surface area (Å²) < 4.78 is 33.0. The molecule has 1 aliphatic carbocycles. The largest absolute Gasteiger partial charge is 0.484 e. The maximum Gasteiger partial charge on any atom is 0.264 e. The average Bonchev–Trinajstić information content (AvgIpc) is 3.18. The van der Waals surface area contributed by atoms with E-state index in [0.29, 0.717) is 18.7 Å². The number of sulfonamides is 1. The molecule has 2 aromatic carbocycles. The van der Waals surface area contributed by atoms with Gasteiger partial charge in [-0.15, -0.1) is 0 Å². The van der Waals surface area contributed by atoms with Crippen LogP contribution < -0.4 is 14.4 Å². The molecule has 6 nitrogen and oxygen atoms in total. The summed E-state index contributed by atoms with van der Waals surface area (Å²) in [7, 11) is -3.62. The van der Waals surface area contributed by atoms with Gasteiger partial charge in [0.05, 0.1) is 10.6 Å². The normalized spacial score (nSPS) is 17.0. The Kier molecular flexibility index (Phi) is 5.76. The lowest BCUT2D eigenvalue weighted by Crippen LogP contribution is -2.38. The molecule has 0 bridgehead atoms. The van der Waals surface area contributed by atoms with Gasteiger partial charge >= 0.3 is 0 Å². The molecule has 0 unspecified atom stereocenters. The summed E-state index contributed by atoms with van der Waals surface area (Å²) >= 11 is 0. The first-order chi connectivity index (χ1) is 14.0. The first-order valence-electron chi connectivity index (χ1n) is 10.2. The SMILES string of the molecule is O=C(COc1ccc(S(=O)(=O)N2CCc3ccccc32)cc1)NC1CCCCC1. The lowest BCUT2D eigenvalue weighted by Gasteiger charge is -2.22. The van der Waals surface area contributed by atoms with Crippen LogP contribution in [0.2, 0.25) is 0 Å². The van der Waals surface area contributed by atoms with Crippen molar-refractivity contribution in [2.24, 2.45) is 0 Å². The number of ether oxygens (including phenoxy) is 1. The van der Waals surface area contributed by atoms with Gasteiger partial charge in [-0.25, -0.2) is 8.42 Å². The summed E-state index contributed by atoms with van der Waals surface area (Å²) in [5.74, 6) is 0.340. The molecule has 0 saturated heterocycles. The summed E-state index contributed by atoms with van der Waals surface area (Å²) in [4.78, 5) is 12.3. The zero-order valence-electron chi connectivity index (χ0n) is 16.3. The zero-order chi connectivity index (χ0) is 20.3. The summed E-state index contributed by atoms with van der Waals surface area (Å²) in [5, 5.41) is 3.00. The van der Waals surface area contributed by atoms with Crippen molar-refractivity contribution < 1.29 is 17.9 Å². The average molecular weight is 415 g/mol. The molecule has 1 aliphatic heterocycles. The number of nitrogens with zero attached hydrogens (tertiary/aromatic N) is 1. The Bertz CT molecular complexity index is 967. The highest BCUT2D eigenvalue weighted by atomic mass is 32.2. The van der Waals surface area contributed by atoms with Gasteiger partial charge in [0.1, 0.15) is 5.75 Å². The molecule has 1 fully saturated rings. The van der Waals surface area contributed by atoms with Crippen LogP contribution in [-0.4, -0.2) is 33.5 Å². The van der Waals surface area contributed by atoms with Crippen LogP contribution in [0.5, 0.6) is 5.75 Å². The number of para-hydroxylation sites is 1. The molecule has 0 radical (unpaired) electrons. The van der Waals surface area contributed by atoms with Crippen LogP contribution in [0.1, 0.15) is 37.7 Å². The second-order valence-corrected chi connectivity index (χ2v) is 9.48. The molecule has 1 heterocycles. The number of hydrogen-bond donors (Lipinski definition) is 1. The minimum absolute atomic E-state index is 0.0674. The number of hydrogen-bond acceptors (Lipinski definition) is 4.